The molecule has 4 heteroatoms. The van der Waals surface area contributed by atoms with E-state index in [-0.39, 0.29) is 0 Å². The Kier molecular flexibility index (Phi) is 3.93. The Morgan fingerprint density at radius 1 is 0.882 bits per heavy atom. The predicted molar refractivity (Wildman–Crippen MR) is 76.6 cm³/mol. The fourth-order valence-electron chi connectivity index (χ4n) is 1.50. The molecule has 0 unspecified atom stereocenters. The van der Waals surface area contributed by atoms with Crippen molar-refractivity contribution in [2.24, 2.45) is 4.99 Å². The molecule has 0 aliphatic rings. The summed E-state index contributed by atoms with van der Waals surface area (Å²) in [5.74, 6) is 0. The first kappa shape index (κ1) is 12.3. The lowest BCUT2D eigenvalue weighted by molar-refractivity contribution is 1.54. The van der Waals surface area contributed by atoms with Gasteiger partial charge in [0.15, 0.2) is 0 Å². The predicted octanol–water partition coefficient (Wildman–Crippen LogP) is 5.39. The molecule has 84 valence electrons. The van der Waals surface area contributed by atoms with E-state index in [0.29, 0.717) is 10.0 Å². The third-order valence-electron chi connectivity index (χ3n) is 2.24. The molecule has 1 nitrogen and oxygen atoms in total. The quantitative estimate of drug-likeness (QED) is 0.530. The minimum Gasteiger partial charge on any atom is -0.195 e. The molecule has 0 bridgehead atoms. The second kappa shape index (κ2) is 5.44. The van der Waals surface area contributed by atoms with Gasteiger partial charge in [-0.3, -0.25) is 0 Å². The van der Waals surface area contributed by atoms with Crippen LogP contribution in [0, 0.1) is 0 Å². The average Bonchev–Trinajstić information content (AvgIpc) is 2.29. The first-order valence-electron chi connectivity index (χ1n) is 4.83. The van der Waals surface area contributed by atoms with E-state index in [0.717, 1.165) is 16.8 Å². The number of hydrogen-bond acceptors (Lipinski definition) is 2. The smallest absolute Gasteiger partial charge is 0.0739 e. The highest BCUT2D eigenvalue weighted by Crippen LogP contribution is 2.28. The highest BCUT2D eigenvalue weighted by molar-refractivity contribution is 7.78. The van der Waals surface area contributed by atoms with Crippen molar-refractivity contribution in [2.45, 2.75) is 0 Å². The summed E-state index contributed by atoms with van der Waals surface area (Å²) in [6, 6.07) is 13.0. The SMILES string of the molecule is S=C=Nc1ccc(-c2cc(Cl)cc(Cl)c2)cc1. The van der Waals surface area contributed by atoms with E-state index in [9.17, 15) is 0 Å². The Labute approximate surface area is 115 Å². The fourth-order valence-corrected chi connectivity index (χ4v) is 2.13. The van der Waals surface area contributed by atoms with Crippen molar-refractivity contribution >= 4 is 46.3 Å². The summed E-state index contributed by atoms with van der Waals surface area (Å²) < 4.78 is 0. The zero-order valence-corrected chi connectivity index (χ0v) is 11.0. The van der Waals surface area contributed by atoms with Gasteiger partial charge in [0.25, 0.3) is 0 Å². The fraction of sp³-hybridized carbons (Fsp3) is 0. The van der Waals surface area contributed by atoms with Crippen molar-refractivity contribution in [2.75, 3.05) is 0 Å². The van der Waals surface area contributed by atoms with Gasteiger partial charge in [-0.15, -0.1) is 0 Å². The number of benzene rings is 2. The van der Waals surface area contributed by atoms with Gasteiger partial charge in [-0.25, -0.2) is 0 Å². The van der Waals surface area contributed by atoms with E-state index in [4.69, 9.17) is 23.2 Å². The van der Waals surface area contributed by atoms with E-state index in [1.807, 2.05) is 36.4 Å². The van der Waals surface area contributed by atoms with Gasteiger partial charge in [-0.05, 0) is 53.7 Å². The van der Waals surface area contributed by atoms with E-state index in [2.05, 4.69) is 22.4 Å². The van der Waals surface area contributed by atoms with Gasteiger partial charge in [-0.2, -0.15) is 4.99 Å². The molecule has 2 aromatic rings. The first-order valence-corrected chi connectivity index (χ1v) is 6.00. The van der Waals surface area contributed by atoms with E-state index >= 15 is 0 Å². The van der Waals surface area contributed by atoms with Crippen molar-refractivity contribution in [3.8, 4) is 11.1 Å². The number of rotatable bonds is 2. The molecule has 0 spiro atoms. The number of aliphatic imine (C=N–C) groups is 1. The number of isothiocyanates is 1. The molecule has 2 rings (SSSR count). The molecule has 0 heterocycles. The Morgan fingerprint density at radius 2 is 1.47 bits per heavy atom. The van der Waals surface area contributed by atoms with E-state index in [1.54, 1.807) is 6.07 Å². The van der Waals surface area contributed by atoms with Crippen LogP contribution in [-0.4, -0.2) is 5.16 Å². The summed E-state index contributed by atoms with van der Waals surface area (Å²) in [5.41, 5.74) is 2.77. The molecule has 0 N–H and O–H groups in total. The van der Waals surface area contributed by atoms with Crippen molar-refractivity contribution in [1.29, 1.82) is 0 Å². The van der Waals surface area contributed by atoms with Crippen LogP contribution in [0.15, 0.2) is 47.5 Å². The van der Waals surface area contributed by atoms with Crippen LogP contribution in [0.2, 0.25) is 10.0 Å². The zero-order valence-electron chi connectivity index (χ0n) is 8.65. The molecule has 0 saturated heterocycles. The van der Waals surface area contributed by atoms with Gasteiger partial charge >= 0.3 is 0 Å². The van der Waals surface area contributed by atoms with Gasteiger partial charge in [0.05, 0.1) is 10.8 Å². The van der Waals surface area contributed by atoms with Crippen LogP contribution in [0.1, 0.15) is 0 Å². The van der Waals surface area contributed by atoms with Crippen LogP contribution in [0.25, 0.3) is 11.1 Å². The maximum atomic E-state index is 5.95. The normalized spacial score (nSPS) is 9.76. The van der Waals surface area contributed by atoms with Gasteiger partial charge in [0, 0.05) is 10.0 Å². The molecular formula is C13H7Cl2NS. The second-order valence-electron chi connectivity index (χ2n) is 3.41. The minimum atomic E-state index is 0.619. The van der Waals surface area contributed by atoms with Crippen molar-refractivity contribution in [1.82, 2.24) is 0 Å². The Balaban J connectivity index is 2.42. The lowest BCUT2D eigenvalue weighted by Gasteiger charge is -2.03. The lowest BCUT2D eigenvalue weighted by Crippen LogP contribution is -1.78. The summed E-state index contributed by atoms with van der Waals surface area (Å²) in [6.07, 6.45) is 0. The highest BCUT2D eigenvalue weighted by Gasteiger charge is 2.01. The standard InChI is InChI=1S/C13H7Cl2NS/c14-11-5-10(6-12(15)7-11)9-1-3-13(4-2-9)16-8-17/h1-7H. The molecule has 0 radical (unpaired) electrons. The highest BCUT2D eigenvalue weighted by atomic mass is 35.5. The third-order valence-corrected chi connectivity index (χ3v) is 2.77. The van der Waals surface area contributed by atoms with Crippen LogP contribution < -0.4 is 0 Å². The van der Waals surface area contributed by atoms with Gasteiger partial charge < -0.3 is 0 Å². The van der Waals surface area contributed by atoms with Crippen LogP contribution in [0.4, 0.5) is 5.69 Å². The maximum Gasteiger partial charge on any atom is 0.0739 e. The average molecular weight is 280 g/mol. The molecule has 0 aromatic heterocycles. The minimum absolute atomic E-state index is 0.619. The maximum absolute atomic E-state index is 5.95. The molecule has 2 aromatic carbocycles. The Bertz CT molecular complexity index is 567. The van der Waals surface area contributed by atoms with Crippen LogP contribution in [-0.2, 0) is 0 Å². The number of thiocarbonyl (C=S) groups is 1. The largest absolute Gasteiger partial charge is 0.195 e. The van der Waals surface area contributed by atoms with Crippen molar-refractivity contribution < 1.29 is 0 Å². The first-order chi connectivity index (χ1) is 8.19. The Hall–Kier alpha value is -1.18. The zero-order chi connectivity index (χ0) is 12.3. The van der Waals surface area contributed by atoms with Crippen molar-refractivity contribution in [3.63, 3.8) is 0 Å². The van der Waals surface area contributed by atoms with Gasteiger partial charge in [0.2, 0.25) is 0 Å². The second-order valence-corrected chi connectivity index (χ2v) is 4.46. The molecular weight excluding hydrogens is 273 g/mol. The monoisotopic (exact) mass is 279 g/mol. The molecule has 0 aliphatic carbocycles. The van der Waals surface area contributed by atoms with Gasteiger partial charge in [0.1, 0.15) is 0 Å². The summed E-state index contributed by atoms with van der Waals surface area (Å²) in [4.78, 5) is 3.89. The van der Waals surface area contributed by atoms with Crippen LogP contribution in [0.3, 0.4) is 0 Å². The van der Waals surface area contributed by atoms with Crippen LogP contribution in [0.5, 0.6) is 0 Å². The molecule has 0 saturated carbocycles. The summed E-state index contributed by atoms with van der Waals surface area (Å²) in [6.45, 7) is 0. The summed E-state index contributed by atoms with van der Waals surface area (Å²) in [5, 5.41) is 3.57. The number of halogens is 2. The topological polar surface area (TPSA) is 12.4 Å². The number of hydrogen-bond donors (Lipinski definition) is 0. The van der Waals surface area contributed by atoms with E-state index < -0.39 is 0 Å². The van der Waals surface area contributed by atoms with Gasteiger partial charge in [-0.1, -0.05) is 35.3 Å². The van der Waals surface area contributed by atoms with Crippen molar-refractivity contribution in [3.05, 3.63) is 52.5 Å². The molecule has 0 atom stereocenters. The summed E-state index contributed by atoms with van der Waals surface area (Å²) >= 11 is 16.5. The van der Waals surface area contributed by atoms with E-state index in [1.165, 1.54) is 0 Å². The Morgan fingerprint density at radius 3 is 2.00 bits per heavy atom. The molecule has 0 fully saturated rings. The molecule has 17 heavy (non-hydrogen) atoms. The number of nitrogens with zero attached hydrogens (tertiary/aromatic N) is 1. The lowest BCUT2D eigenvalue weighted by atomic mass is 10.1. The third kappa shape index (κ3) is 3.15. The molecule has 0 aliphatic heterocycles. The molecule has 0 amide bonds. The summed E-state index contributed by atoms with van der Waals surface area (Å²) in [7, 11) is 0. The van der Waals surface area contributed by atoms with Crippen LogP contribution >= 0.6 is 35.4 Å².